The molecular weight excluding hydrogens is 268 g/mol. The summed E-state index contributed by atoms with van der Waals surface area (Å²) < 4.78 is 30.3. The lowest BCUT2D eigenvalue weighted by molar-refractivity contribution is -0.139. The quantitative estimate of drug-likeness (QED) is 0.818. The molecule has 0 aliphatic carbocycles. The monoisotopic (exact) mass is 282 g/mol. The molecule has 1 N–H and O–H groups in total. The molecule has 0 bridgehead atoms. The number of anilines is 1. The molecule has 0 atom stereocenters. The highest BCUT2D eigenvalue weighted by molar-refractivity contribution is 7.93. The molecule has 0 aromatic heterocycles. The Morgan fingerprint density at radius 1 is 1.47 bits per heavy atom. The Kier molecular flexibility index (Phi) is 4.89. The van der Waals surface area contributed by atoms with Crippen LogP contribution in [0.4, 0.5) is 5.69 Å². The van der Waals surface area contributed by atoms with Gasteiger partial charge in [0.1, 0.15) is 6.07 Å². The highest BCUT2D eigenvalue weighted by atomic mass is 32.2. The van der Waals surface area contributed by atoms with Crippen molar-refractivity contribution >= 4 is 21.7 Å². The first-order chi connectivity index (χ1) is 8.89. The number of nitriles is 1. The van der Waals surface area contributed by atoms with Crippen molar-refractivity contribution in [3.05, 3.63) is 29.3 Å². The van der Waals surface area contributed by atoms with Crippen LogP contribution in [0.5, 0.6) is 0 Å². The first-order valence-electron chi connectivity index (χ1n) is 5.55. The first-order valence-corrected chi connectivity index (χ1v) is 7.20. The molecule has 0 unspecified atom stereocenters. The number of esters is 1. The summed E-state index contributed by atoms with van der Waals surface area (Å²) >= 11 is 0. The first kappa shape index (κ1) is 15.0. The van der Waals surface area contributed by atoms with Gasteiger partial charge in [-0.1, -0.05) is 12.1 Å². The molecule has 0 heterocycles. The normalized spacial score (nSPS) is 10.6. The van der Waals surface area contributed by atoms with Gasteiger partial charge in [-0.15, -0.1) is 0 Å². The summed E-state index contributed by atoms with van der Waals surface area (Å²) in [6, 6.07) is 6.71. The number of carbonyl (C=O) groups is 1. The number of aryl methyl sites for hydroxylation is 1. The van der Waals surface area contributed by atoms with E-state index < -0.39 is 21.7 Å². The van der Waals surface area contributed by atoms with Gasteiger partial charge in [-0.25, -0.2) is 8.42 Å². The molecule has 0 radical (unpaired) electrons. The second kappa shape index (κ2) is 6.20. The van der Waals surface area contributed by atoms with Crippen LogP contribution < -0.4 is 4.72 Å². The molecule has 1 aromatic carbocycles. The summed E-state index contributed by atoms with van der Waals surface area (Å²) in [5, 5.41) is 8.99. The standard InChI is InChI=1S/C12H14N2O4S/c1-3-18-12(15)8-19(16,17)14-11-6-4-5-9(2)10(11)7-13/h4-6,14H,3,8H2,1-2H3. The minimum Gasteiger partial charge on any atom is -0.465 e. The van der Waals surface area contributed by atoms with Crippen LogP contribution in [0, 0.1) is 18.3 Å². The van der Waals surface area contributed by atoms with Crippen LogP contribution in [0.3, 0.4) is 0 Å². The number of benzene rings is 1. The molecule has 0 spiro atoms. The average molecular weight is 282 g/mol. The number of nitrogens with zero attached hydrogens (tertiary/aromatic N) is 1. The Labute approximate surface area is 112 Å². The summed E-state index contributed by atoms with van der Waals surface area (Å²) in [6.07, 6.45) is 0. The average Bonchev–Trinajstić information content (AvgIpc) is 2.28. The Morgan fingerprint density at radius 3 is 2.74 bits per heavy atom. The zero-order chi connectivity index (χ0) is 14.5. The molecule has 7 heteroatoms. The van der Waals surface area contributed by atoms with Crippen LogP contribution in [-0.2, 0) is 19.6 Å². The van der Waals surface area contributed by atoms with E-state index in [-0.39, 0.29) is 17.9 Å². The number of hydrogen-bond donors (Lipinski definition) is 1. The van der Waals surface area contributed by atoms with Crippen molar-refractivity contribution in [2.45, 2.75) is 13.8 Å². The maximum absolute atomic E-state index is 11.7. The number of hydrogen-bond acceptors (Lipinski definition) is 5. The second-order valence-electron chi connectivity index (χ2n) is 3.78. The molecule has 19 heavy (non-hydrogen) atoms. The number of carbonyl (C=O) groups excluding carboxylic acids is 1. The van der Waals surface area contributed by atoms with Gasteiger partial charge in [0.15, 0.2) is 5.75 Å². The minimum atomic E-state index is -3.88. The fourth-order valence-corrected chi connectivity index (χ4v) is 2.43. The van der Waals surface area contributed by atoms with Gasteiger partial charge in [0.25, 0.3) is 0 Å². The van der Waals surface area contributed by atoms with E-state index in [4.69, 9.17) is 5.26 Å². The van der Waals surface area contributed by atoms with Gasteiger partial charge in [0.05, 0.1) is 17.9 Å². The SMILES string of the molecule is CCOC(=O)CS(=O)(=O)Nc1cccc(C)c1C#N. The summed E-state index contributed by atoms with van der Waals surface area (Å²) in [4.78, 5) is 11.2. The molecular formula is C12H14N2O4S. The predicted octanol–water partition coefficient (Wildman–Crippen LogP) is 1.17. The van der Waals surface area contributed by atoms with Gasteiger partial charge in [-0.2, -0.15) is 5.26 Å². The minimum absolute atomic E-state index is 0.113. The molecule has 0 aliphatic heterocycles. The van der Waals surface area contributed by atoms with Crippen LogP contribution in [0.25, 0.3) is 0 Å². The van der Waals surface area contributed by atoms with Crippen LogP contribution in [0.1, 0.15) is 18.1 Å². The lowest BCUT2D eigenvalue weighted by Gasteiger charge is -2.10. The molecule has 6 nitrogen and oxygen atoms in total. The van der Waals surface area contributed by atoms with Crippen molar-refractivity contribution in [1.82, 2.24) is 0 Å². The zero-order valence-corrected chi connectivity index (χ0v) is 11.5. The smallest absolute Gasteiger partial charge is 0.323 e. The van der Waals surface area contributed by atoms with E-state index in [9.17, 15) is 13.2 Å². The van der Waals surface area contributed by atoms with Crippen LogP contribution in [0.2, 0.25) is 0 Å². The summed E-state index contributed by atoms with van der Waals surface area (Å²) in [5.41, 5.74) is 1.04. The van der Waals surface area contributed by atoms with E-state index in [2.05, 4.69) is 9.46 Å². The Hall–Kier alpha value is -2.07. The highest BCUT2D eigenvalue weighted by Gasteiger charge is 2.19. The Morgan fingerprint density at radius 2 is 2.16 bits per heavy atom. The maximum Gasteiger partial charge on any atom is 0.323 e. The third kappa shape index (κ3) is 4.26. The molecule has 0 saturated heterocycles. The highest BCUT2D eigenvalue weighted by Crippen LogP contribution is 2.19. The molecule has 102 valence electrons. The van der Waals surface area contributed by atoms with Gasteiger partial charge in [-0.05, 0) is 25.5 Å². The van der Waals surface area contributed by atoms with E-state index in [1.807, 2.05) is 6.07 Å². The third-order valence-electron chi connectivity index (χ3n) is 2.26. The fraction of sp³-hybridized carbons (Fsp3) is 0.333. The molecule has 0 saturated carbocycles. The molecule has 1 aromatic rings. The molecule has 0 fully saturated rings. The van der Waals surface area contributed by atoms with Gasteiger partial charge in [0.2, 0.25) is 10.0 Å². The predicted molar refractivity (Wildman–Crippen MR) is 69.9 cm³/mol. The van der Waals surface area contributed by atoms with Crippen molar-refractivity contribution < 1.29 is 17.9 Å². The number of rotatable bonds is 5. The van der Waals surface area contributed by atoms with Crippen molar-refractivity contribution in [2.24, 2.45) is 0 Å². The van der Waals surface area contributed by atoms with Gasteiger partial charge < -0.3 is 4.74 Å². The van der Waals surface area contributed by atoms with Gasteiger partial charge >= 0.3 is 5.97 Å². The Bertz CT molecular complexity index is 617. The van der Waals surface area contributed by atoms with E-state index in [0.717, 1.165) is 0 Å². The van der Waals surface area contributed by atoms with Crippen LogP contribution >= 0.6 is 0 Å². The van der Waals surface area contributed by atoms with Crippen molar-refractivity contribution in [3.63, 3.8) is 0 Å². The molecule has 0 amide bonds. The van der Waals surface area contributed by atoms with Crippen molar-refractivity contribution in [3.8, 4) is 6.07 Å². The third-order valence-corrected chi connectivity index (χ3v) is 3.41. The van der Waals surface area contributed by atoms with E-state index in [1.54, 1.807) is 26.0 Å². The number of nitrogens with one attached hydrogen (secondary N) is 1. The maximum atomic E-state index is 11.7. The lowest BCUT2D eigenvalue weighted by Crippen LogP contribution is -2.24. The topological polar surface area (TPSA) is 96.3 Å². The fourth-order valence-electron chi connectivity index (χ4n) is 1.46. The van der Waals surface area contributed by atoms with Crippen molar-refractivity contribution in [1.29, 1.82) is 5.26 Å². The molecule has 1 rings (SSSR count). The summed E-state index contributed by atoms with van der Waals surface area (Å²) in [6.45, 7) is 3.40. The molecule has 0 aliphatic rings. The lowest BCUT2D eigenvalue weighted by atomic mass is 10.1. The van der Waals surface area contributed by atoms with Gasteiger partial charge in [0, 0.05) is 0 Å². The van der Waals surface area contributed by atoms with E-state index >= 15 is 0 Å². The van der Waals surface area contributed by atoms with Crippen LogP contribution in [0.15, 0.2) is 18.2 Å². The summed E-state index contributed by atoms with van der Waals surface area (Å²) in [5.74, 6) is -1.61. The van der Waals surface area contributed by atoms with E-state index in [1.165, 1.54) is 6.07 Å². The summed E-state index contributed by atoms with van der Waals surface area (Å²) in [7, 11) is -3.88. The largest absolute Gasteiger partial charge is 0.465 e. The van der Waals surface area contributed by atoms with E-state index in [0.29, 0.717) is 5.56 Å². The van der Waals surface area contributed by atoms with Crippen LogP contribution in [-0.4, -0.2) is 26.7 Å². The van der Waals surface area contributed by atoms with Gasteiger partial charge in [-0.3, -0.25) is 9.52 Å². The second-order valence-corrected chi connectivity index (χ2v) is 5.50. The van der Waals surface area contributed by atoms with Crippen molar-refractivity contribution in [2.75, 3.05) is 17.1 Å². The number of sulfonamides is 1. The number of ether oxygens (including phenoxy) is 1. The zero-order valence-electron chi connectivity index (χ0n) is 10.6. The Balaban J connectivity index is 2.94.